The fourth-order valence-electron chi connectivity index (χ4n) is 5.74. The van der Waals surface area contributed by atoms with Gasteiger partial charge in [-0.3, -0.25) is 14.4 Å². The summed E-state index contributed by atoms with van der Waals surface area (Å²) in [5.74, 6) is -1.12. The number of hydrogen-bond acceptors (Lipinski definition) is 11. The summed E-state index contributed by atoms with van der Waals surface area (Å²) in [5.41, 5.74) is 9.37. The third-order valence-corrected chi connectivity index (χ3v) is 9.32. The van der Waals surface area contributed by atoms with Crippen LogP contribution in [0.4, 0.5) is 0 Å². The summed E-state index contributed by atoms with van der Waals surface area (Å²) in [6.07, 6.45) is 10.4. The summed E-state index contributed by atoms with van der Waals surface area (Å²) in [5, 5.41) is 48.0. The number of aromatic hydroxyl groups is 4. The molecule has 2 atom stereocenters. The number of carbonyl (C=O) groups excluding carboxylic acids is 3. The highest BCUT2D eigenvalue weighted by atomic mass is 16.5. The van der Waals surface area contributed by atoms with Gasteiger partial charge >= 0.3 is 17.9 Å². The molecule has 0 spiro atoms. The van der Waals surface area contributed by atoms with Gasteiger partial charge < -0.3 is 46.1 Å². The Kier molecular flexibility index (Phi) is 25.1. The summed E-state index contributed by atoms with van der Waals surface area (Å²) < 4.78 is 10.5. The van der Waals surface area contributed by atoms with Crippen LogP contribution in [-0.4, -0.2) is 74.6 Å². The van der Waals surface area contributed by atoms with Gasteiger partial charge in [0.05, 0.1) is 13.2 Å². The Balaban J connectivity index is 0.000000351. The normalized spacial score (nSPS) is 11.4. The molecule has 2 unspecified atom stereocenters. The lowest BCUT2D eigenvalue weighted by molar-refractivity contribution is -0.148. The van der Waals surface area contributed by atoms with E-state index in [0.29, 0.717) is 38.9 Å². The highest BCUT2D eigenvalue weighted by molar-refractivity contribution is 5.84. The molecule has 0 aliphatic carbocycles. The van der Waals surface area contributed by atoms with Crippen LogP contribution >= 0.6 is 0 Å². The zero-order valence-electron chi connectivity index (χ0n) is 35.5. The molecule has 1 amide bonds. The largest absolute Gasteiger partial charge is 0.508 e. The second-order valence-corrected chi connectivity index (χ2v) is 14.7. The summed E-state index contributed by atoms with van der Waals surface area (Å²) in [7, 11) is 0. The lowest BCUT2D eigenvalue weighted by atomic mass is 10.0. The molecule has 0 saturated heterocycles. The Morgan fingerprint density at radius 3 is 1.31 bits per heavy atom. The van der Waals surface area contributed by atoms with Gasteiger partial charge in [-0.25, -0.2) is 4.79 Å². The number of rotatable bonds is 23. The molecule has 4 aromatic carbocycles. The van der Waals surface area contributed by atoms with Crippen LogP contribution < -0.4 is 11.1 Å². The van der Waals surface area contributed by atoms with E-state index in [1.165, 1.54) is 0 Å². The Labute approximate surface area is 359 Å². The van der Waals surface area contributed by atoms with E-state index in [9.17, 15) is 29.4 Å². The SMILES string of the molecule is CCCCCCOC(=O)C(Cc1ccc(O)cc1)NC(=O)CCc1ccc(O)cc1.CCCCCCOC(=O)C(N)Cc1ccc(O)cc1.O=C(O)CCc1ccc(O)cc1. The average molecular weight is 845 g/mol. The van der Waals surface area contributed by atoms with E-state index in [1.807, 2.05) is 0 Å². The van der Waals surface area contributed by atoms with Gasteiger partial charge in [0.25, 0.3) is 0 Å². The second kappa shape index (κ2) is 30.0. The molecule has 0 bridgehead atoms. The van der Waals surface area contributed by atoms with Crippen molar-refractivity contribution in [3.63, 3.8) is 0 Å². The highest BCUT2D eigenvalue weighted by Crippen LogP contribution is 2.15. The maximum Gasteiger partial charge on any atom is 0.328 e. The van der Waals surface area contributed by atoms with Crippen LogP contribution in [0.3, 0.4) is 0 Å². The smallest absolute Gasteiger partial charge is 0.328 e. The number of phenolic OH excluding ortho intramolecular Hbond substituents is 4. The fourth-order valence-corrected chi connectivity index (χ4v) is 5.74. The van der Waals surface area contributed by atoms with Gasteiger partial charge in [0, 0.05) is 19.3 Å². The zero-order chi connectivity index (χ0) is 44.8. The van der Waals surface area contributed by atoms with Gasteiger partial charge in [-0.1, -0.05) is 101 Å². The number of hydrogen-bond donors (Lipinski definition) is 7. The van der Waals surface area contributed by atoms with Crippen LogP contribution in [0.15, 0.2) is 97.1 Å². The first-order valence-corrected chi connectivity index (χ1v) is 21.0. The van der Waals surface area contributed by atoms with E-state index in [1.54, 1.807) is 97.1 Å². The van der Waals surface area contributed by atoms with E-state index < -0.39 is 24.0 Å². The molecule has 0 heterocycles. The van der Waals surface area contributed by atoms with Gasteiger partial charge in [-0.05, 0) is 103 Å². The number of nitrogens with two attached hydrogens (primary N) is 1. The first-order chi connectivity index (χ1) is 29.3. The third kappa shape index (κ3) is 23.9. The van der Waals surface area contributed by atoms with Gasteiger partial charge in [-0.15, -0.1) is 0 Å². The average Bonchev–Trinajstić information content (AvgIpc) is 3.24. The first kappa shape index (κ1) is 51.1. The number of unbranched alkanes of at least 4 members (excludes halogenated alkanes) is 6. The minimum Gasteiger partial charge on any atom is -0.508 e. The molecule has 4 rings (SSSR count). The van der Waals surface area contributed by atoms with Crippen LogP contribution in [-0.2, 0) is 54.3 Å². The Morgan fingerprint density at radius 1 is 0.525 bits per heavy atom. The standard InChI is InChI=1S/C24H31NO5.C15H23NO3.C9H10O3/c1-2-3-4-5-16-30-24(29)22(17-19-8-13-21(27)14-9-19)25-23(28)15-10-18-6-11-20(26)12-7-18;1-2-3-4-5-10-19-15(18)14(16)11-12-6-8-13(17)9-7-12;10-8-4-1-7(2-5-8)3-6-9(11)12/h6-9,11-14,22,26-27H,2-5,10,15-17H2,1H3,(H,25,28);6-9,14,17H,2-5,10-11,16H2,1H3;1-2,4-5,10H,3,6H2,(H,11,12). The van der Waals surface area contributed by atoms with Crippen molar-refractivity contribution in [3.05, 3.63) is 119 Å². The number of ether oxygens (including phenoxy) is 2. The quantitative estimate of drug-likeness (QED) is 0.0282. The number of carboxylic acid groups (broad SMARTS) is 1. The van der Waals surface area contributed by atoms with Crippen molar-refractivity contribution in [2.45, 2.75) is 116 Å². The lowest BCUT2D eigenvalue weighted by Gasteiger charge is -2.18. The predicted octanol–water partition coefficient (Wildman–Crippen LogP) is 7.68. The summed E-state index contributed by atoms with van der Waals surface area (Å²) in [6.45, 7) is 5.05. The minimum absolute atomic E-state index is 0.130. The summed E-state index contributed by atoms with van der Waals surface area (Å²) in [4.78, 5) is 46.9. The highest BCUT2D eigenvalue weighted by Gasteiger charge is 2.23. The zero-order valence-corrected chi connectivity index (χ0v) is 35.5. The molecule has 332 valence electrons. The van der Waals surface area contributed by atoms with E-state index in [-0.39, 0.29) is 47.7 Å². The molecule has 4 aromatic rings. The predicted molar refractivity (Wildman–Crippen MR) is 234 cm³/mol. The molecule has 8 N–H and O–H groups in total. The van der Waals surface area contributed by atoms with Crippen LogP contribution in [0.5, 0.6) is 23.0 Å². The van der Waals surface area contributed by atoms with Crippen molar-refractivity contribution in [1.82, 2.24) is 5.32 Å². The molecule has 0 aliphatic heterocycles. The summed E-state index contributed by atoms with van der Waals surface area (Å²) in [6, 6.07) is 25.0. The van der Waals surface area contributed by atoms with Gasteiger partial charge in [0.1, 0.15) is 35.1 Å². The molecule has 0 radical (unpaired) electrons. The molecule has 61 heavy (non-hydrogen) atoms. The molecule has 13 nitrogen and oxygen atoms in total. The molecule has 0 aliphatic rings. The van der Waals surface area contributed by atoms with E-state index in [4.69, 9.17) is 30.5 Å². The number of benzene rings is 4. The Hall–Kier alpha value is -6.08. The minimum atomic E-state index is -0.803. The Morgan fingerprint density at radius 2 is 0.902 bits per heavy atom. The van der Waals surface area contributed by atoms with Crippen LogP contribution in [0, 0.1) is 0 Å². The molecule has 0 aromatic heterocycles. The van der Waals surface area contributed by atoms with E-state index in [2.05, 4.69) is 19.2 Å². The maximum absolute atomic E-state index is 12.6. The van der Waals surface area contributed by atoms with E-state index in [0.717, 1.165) is 73.6 Å². The maximum atomic E-state index is 12.6. The topological polar surface area (TPSA) is 226 Å². The first-order valence-electron chi connectivity index (χ1n) is 21.0. The number of aliphatic carboxylic acids is 1. The van der Waals surface area contributed by atoms with Crippen LogP contribution in [0.1, 0.15) is 100 Å². The number of nitrogens with one attached hydrogen (secondary N) is 1. The van der Waals surface area contributed by atoms with Crippen molar-refractivity contribution in [3.8, 4) is 23.0 Å². The van der Waals surface area contributed by atoms with Crippen molar-refractivity contribution in [2.24, 2.45) is 5.73 Å². The number of phenols is 4. The van der Waals surface area contributed by atoms with Crippen molar-refractivity contribution >= 4 is 23.8 Å². The van der Waals surface area contributed by atoms with Gasteiger partial charge in [-0.2, -0.15) is 0 Å². The number of amides is 1. The molecular weight excluding hydrogens is 781 g/mol. The molecule has 0 saturated carbocycles. The number of esters is 2. The van der Waals surface area contributed by atoms with Crippen LogP contribution in [0.25, 0.3) is 0 Å². The Bertz CT molecular complexity index is 1830. The summed E-state index contributed by atoms with van der Waals surface area (Å²) >= 11 is 0. The van der Waals surface area contributed by atoms with Crippen molar-refractivity contribution in [1.29, 1.82) is 0 Å². The molecule has 13 heteroatoms. The number of aryl methyl sites for hydroxylation is 2. The third-order valence-electron chi connectivity index (χ3n) is 9.32. The van der Waals surface area contributed by atoms with Gasteiger partial charge in [0.15, 0.2) is 0 Å². The van der Waals surface area contributed by atoms with Crippen molar-refractivity contribution in [2.75, 3.05) is 13.2 Å². The fraction of sp³-hybridized carbons (Fsp3) is 0.417. The molecule has 0 fully saturated rings. The lowest BCUT2D eigenvalue weighted by Crippen LogP contribution is -2.43. The van der Waals surface area contributed by atoms with Crippen LogP contribution in [0.2, 0.25) is 0 Å². The number of carboxylic acids is 1. The monoisotopic (exact) mass is 844 g/mol. The number of carbonyl (C=O) groups is 4. The van der Waals surface area contributed by atoms with Crippen molar-refractivity contribution < 1.29 is 54.2 Å². The van der Waals surface area contributed by atoms with Gasteiger partial charge in [0.2, 0.25) is 5.91 Å². The van der Waals surface area contributed by atoms with E-state index >= 15 is 0 Å². The second-order valence-electron chi connectivity index (χ2n) is 14.7. The molecular formula is C48H64N2O11.